The molecular formula is C13H16F2O. The summed E-state index contributed by atoms with van der Waals surface area (Å²) in [5, 5.41) is 9.02. The van der Waals surface area contributed by atoms with Crippen molar-refractivity contribution in [1.82, 2.24) is 0 Å². The van der Waals surface area contributed by atoms with Gasteiger partial charge < -0.3 is 5.11 Å². The normalized spacial score (nSPS) is 25.7. The quantitative estimate of drug-likeness (QED) is 0.820. The van der Waals surface area contributed by atoms with Gasteiger partial charge in [-0.05, 0) is 55.2 Å². The first kappa shape index (κ1) is 11.5. The fourth-order valence-corrected chi connectivity index (χ4v) is 2.49. The summed E-state index contributed by atoms with van der Waals surface area (Å²) in [6, 6.07) is 3.75. The molecular weight excluding hydrogens is 210 g/mol. The fourth-order valence-electron chi connectivity index (χ4n) is 2.49. The van der Waals surface area contributed by atoms with Gasteiger partial charge in [0.05, 0.1) is 0 Å². The van der Waals surface area contributed by atoms with E-state index in [2.05, 4.69) is 0 Å². The van der Waals surface area contributed by atoms with Crippen LogP contribution in [0.3, 0.4) is 0 Å². The molecule has 0 radical (unpaired) electrons. The van der Waals surface area contributed by atoms with Gasteiger partial charge in [0.1, 0.15) is 11.6 Å². The molecule has 0 aromatic heterocycles. The molecule has 0 aliphatic heterocycles. The Labute approximate surface area is 94.1 Å². The highest BCUT2D eigenvalue weighted by atomic mass is 19.1. The van der Waals surface area contributed by atoms with Crippen molar-refractivity contribution >= 4 is 0 Å². The number of hydrogen-bond acceptors (Lipinski definition) is 1. The van der Waals surface area contributed by atoms with E-state index >= 15 is 0 Å². The molecule has 0 atom stereocenters. The zero-order valence-electron chi connectivity index (χ0n) is 9.13. The van der Waals surface area contributed by atoms with Gasteiger partial charge in [0.2, 0.25) is 0 Å². The van der Waals surface area contributed by atoms with E-state index in [9.17, 15) is 8.78 Å². The second-order valence-electron chi connectivity index (χ2n) is 4.60. The van der Waals surface area contributed by atoms with E-state index in [1.165, 1.54) is 12.1 Å². The molecule has 88 valence electrons. The summed E-state index contributed by atoms with van der Waals surface area (Å²) in [7, 11) is 0. The Bertz CT molecular complexity index is 337. The van der Waals surface area contributed by atoms with Crippen molar-refractivity contribution in [2.24, 2.45) is 5.92 Å². The highest BCUT2D eigenvalue weighted by Gasteiger charge is 2.22. The van der Waals surface area contributed by atoms with Crippen molar-refractivity contribution in [3.63, 3.8) is 0 Å². The second kappa shape index (κ2) is 4.91. The van der Waals surface area contributed by atoms with Crippen molar-refractivity contribution in [2.45, 2.75) is 31.6 Å². The summed E-state index contributed by atoms with van der Waals surface area (Å²) in [6.45, 7) is 0.226. The molecule has 0 bridgehead atoms. The first-order valence-corrected chi connectivity index (χ1v) is 5.76. The van der Waals surface area contributed by atoms with E-state index in [0.717, 1.165) is 37.3 Å². The van der Waals surface area contributed by atoms with E-state index in [1.807, 2.05) is 0 Å². The SMILES string of the molecule is OCC1CCC(c2cc(F)cc(F)c2)CC1. The molecule has 1 fully saturated rings. The topological polar surface area (TPSA) is 20.2 Å². The third kappa shape index (κ3) is 2.59. The van der Waals surface area contributed by atoms with Crippen LogP contribution in [0.4, 0.5) is 8.78 Å². The van der Waals surface area contributed by atoms with Gasteiger partial charge in [-0.1, -0.05) is 0 Å². The van der Waals surface area contributed by atoms with Crippen molar-refractivity contribution in [3.8, 4) is 0 Å². The zero-order chi connectivity index (χ0) is 11.5. The first-order valence-electron chi connectivity index (χ1n) is 5.76. The molecule has 1 aliphatic rings. The van der Waals surface area contributed by atoms with Gasteiger partial charge in [0.15, 0.2) is 0 Å². The van der Waals surface area contributed by atoms with Crippen molar-refractivity contribution in [1.29, 1.82) is 0 Å². The Morgan fingerprint density at radius 1 is 1.00 bits per heavy atom. The van der Waals surface area contributed by atoms with Crippen LogP contribution in [0.1, 0.15) is 37.2 Å². The maximum atomic E-state index is 13.0. The average Bonchev–Trinajstić information content (AvgIpc) is 2.28. The molecule has 0 amide bonds. The van der Waals surface area contributed by atoms with Gasteiger partial charge in [0.25, 0.3) is 0 Å². The third-order valence-electron chi connectivity index (χ3n) is 3.46. The van der Waals surface area contributed by atoms with Crippen molar-refractivity contribution in [2.75, 3.05) is 6.61 Å². The lowest BCUT2D eigenvalue weighted by Gasteiger charge is -2.27. The van der Waals surface area contributed by atoms with Crippen LogP contribution in [0.2, 0.25) is 0 Å². The van der Waals surface area contributed by atoms with Gasteiger partial charge in [-0.15, -0.1) is 0 Å². The lowest BCUT2D eigenvalue weighted by Crippen LogP contribution is -2.16. The molecule has 1 aromatic carbocycles. The Hall–Kier alpha value is -0.960. The van der Waals surface area contributed by atoms with Crippen molar-refractivity contribution < 1.29 is 13.9 Å². The van der Waals surface area contributed by atoms with E-state index < -0.39 is 11.6 Å². The lowest BCUT2D eigenvalue weighted by molar-refractivity contribution is 0.182. The highest BCUT2D eigenvalue weighted by molar-refractivity contribution is 5.22. The summed E-state index contributed by atoms with van der Waals surface area (Å²) in [4.78, 5) is 0. The van der Waals surface area contributed by atoms with Crippen LogP contribution in [0, 0.1) is 17.6 Å². The van der Waals surface area contributed by atoms with Gasteiger partial charge in [-0.25, -0.2) is 8.78 Å². The molecule has 1 saturated carbocycles. The molecule has 0 unspecified atom stereocenters. The maximum absolute atomic E-state index is 13.0. The van der Waals surface area contributed by atoms with Crippen molar-refractivity contribution in [3.05, 3.63) is 35.4 Å². The van der Waals surface area contributed by atoms with Crippen LogP contribution in [0.15, 0.2) is 18.2 Å². The molecule has 1 aliphatic carbocycles. The Morgan fingerprint density at radius 3 is 2.06 bits per heavy atom. The van der Waals surface area contributed by atoms with Crippen LogP contribution in [-0.4, -0.2) is 11.7 Å². The zero-order valence-corrected chi connectivity index (χ0v) is 9.13. The lowest BCUT2D eigenvalue weighted by atomic mass is 9.79. The van der Waals surface area contributed by atoms with E-state index in [-0.39, 0.29) is 12.5 Å². The largest absolute Gasteiger partial charge is 0.396 e. The minimum Gasteiger partial charge on any atom is -0.396 e. The number of halogens is 2. The standard InChI is InChI=1S/C13H16F2O/c14-12-5-11(6-13(15)7-12)10-3-1-9(8-16)2-4-10/h5-7,9-10,16H,1-4,8H2. The number of benzene rings is 1. The predicted molar refractivity (Wildman–Crippen MR) is 58.1 cm³/mol. The molecule has 3 heteroatoms. The summed E-state index contributed by atoms with van der Waals surface area (Å²) >= 11 is 0. The summed E-state index contributed by atoms with van der Waals surface area (Å²) < 4.78 is 26.1. The molecule has 2 rings (SSSR count). The minimum absolute atomic E-state index is 0.226. The summed E-state index contributed by atoms with van der Waals surface area (Å²) in [5.41, 5.74) is 0.758. The molecule has 1 aromatic rings. The third-order valence-corrected chi connectivity index (χ3v) is 3.46. The number of rotatable bonds is 2. The minimum atomic E-state index is -0.501. The van der Waals surface area contributed by atoms with Gasteiger partial charge >= 0.3 is 0 Å². The Kier molecular flexibility index (Phi) is 3.54. The fraction of sp³-hybridized carbons (Fsp3) is 0.538. The van der Waals surface area contributed by atoms with Crippen LogP contribution < -0.4 is 0 Å². The molecule has 1 N–H and O–H groups in total. The molecule has 1 nitrogen and oxygen atoms in total. The predicted octanol–water partition coefficient (Wildman–Crippen LogP) is 3.23. The van der Waals surface area contributed by atoms with Crippen LogP contribution in [0.25, 0.3) is 0 Å². The molecule has 0 saturated heterocycles. The number of hydrogen-bond donors (Lipinski definition) is 1. The van der Waals surface area contributed by atoms with E-state index in [4.69, 9.17) is 5.11 Å². The number of aliphatic hydroxyl groups excluding tert-OH is 1. The number of aliphatic hydroxyl groups is 1. The van der Waals surface area contributed by atoms with E-state index in [1.54, 1.807) is 0 Å². The first-order chi connectivity index (χ1) is 7.69. The van der Waals surface area contributed by atoms with Crippen LogP contribution in [0.5, 0.6) is 0 Å². The smallest absolute Gasteiger partial charge is 0.126 e. The molecule has 0 spiro atoms. The molecule has 0 heterocycles. The monoisotopic (exact) mass is 226 g/mol. The van der Waals surface area contributed by atoms with Gasteiger partial charge in [-0.3, -0.25) is 0 Å². The van der Waals surface area contributed by atoms with Gasteiger partial charge in [-0.2, -0.15) is 0 Å². The highest BCUT2D eigenvalue weighted by Crippen LogP contribution is 2.35. The van der Waals surface area contributed by atoms with Gasteiger partial charge in [0, 0.05) is 12.7 Å². The Balaban J connectivity index is 2.08. The van der Waals surface area contributed by atoms with Crippen LogP contribution >= 0.6 is 0 Å². The van der Waals surface area contributed by atoms with Crippen LogP contribution in [-0.2, 0) is 0 Å². The summed E-state index contributed by atoms with van der Waals surface area (Å²) in [5.74, 6) is -0.388. The average molecular weight is 226 g/mol. The summed E-state index contributed by atoms with van der Waals surface area (Å²) in [6.07, 6.45) is 3.71. The maximum Gasteiger partial charge on any atom is 0.126 e. The molecule has 16 heavy (non-hydrogen) atoms. The van der Waals surface area contributed by atoms with E-state index in [0.29, 0.717) is 5.92 Å². The second-order valence-corrected chi connectivity index (χ2v) is 4.60. The Morgan fingerprint density at radius 2 is 1.56 bits per heavy atom.